The van der Waals surface area contributed by atoms with Crippen molar-refractivity contribution >= 4 is 16.9 Å². The first-order valence-electron chi connectivity index (χ1n) is 8.51. The topological polar surface area (TPSA) is 86.4 Å². The summed E-state index contributed by atoms with van der Waals surface area (Å²) >= 11 is 0. The fraction of sp³-hybridized carbons (Fsp3) is 0.316. The monoisotopic (exact) mass is 355 g/mol. The van der Waals surface area contributed by atoms with Crippen LogP contribution in [0.25, 0.3) is 11.0 Å². The predicted octanol–water partition coefficient (Wildman–Crippen LogP) is 2.73. The number of nitrogens with zero attached hydrogens (tertiary/aromatic N) is 2. The Morgan fingerprint density at radius 3 is 2.85 bits per heavy atom. The molecule has 0 saturated heterocycles. The number of aromatic nitrogens is 2. The molecule has 7 heteroatoms. The van der Waals surface area contributed by atoms with Crippen LogP contribution in [-0.4, -0.2) is 21.8 Å². The Labute approximate surface area is 150 Å². The van der Waals surface area contributed by atoms with Crippen LogP contribution in [0.2, 0.25) is 0 Å². The van der Waals surface area contributed by atoms with Crippen LogP contribution in [0.15, 0.2) is 45.7 Å². The molecular weight excluding hydrogens is 334 g/mol. The third-order valence-corrected chi connectivity index (χ3v) is 3.87. The number of fused-ring (bicyclic) bond motifs is 1. The molecule has 1 aromatic carbocycles. The Morgan fingerprint density at radius 1 is 1.31 bits per heavy atom. The Hall–Kier alpha value is -3.09. The Balaban J connectivity index is 1.88. The van der Waals surface area contributed by atoms with Crippen molar-refractivity contribution in [2.24, 2.45) is 0 Å². The van der Waals surface area contributed by atoms with E-state index in [2.05, 4.69) is 10.4 Å². The standard InChI is InChI=1S/C19H21N3O4/c1-4-22-13(7-8-21-22)11-20-19(24)16-10-18(23)26-17-9-14(25-12(2)3)5-6-15(16)17/h5-10,12H,4,11H2,1-3H3,(H,20,24). The Morgan fingerprint density at radius 2 is 2.12 bits per heavy atom. The highest BCUT2D eigenvalue weighted by molar-refractivity contribution is 6.05. The maximum atomic E-state index is 12.6. The van der Waals surface area contributed by atoms with E-state index in [1.807, 2.05) is 26.8 Å². The first-order chi connectivity index (χ1) is 12.5. The molecular formula is C19H21N3O4. The van der Waals surface area contributed by atoms with Gasteiger partial charge in [-0.3, -0.25) is 9.48 Å². The maximum Gasteiger partial charge on any atom is 0.337 e. The third kappa shape index (κ3) is 3.77. The molecule has 2 aromatic heterocycles. The quantitative estimate of drug-likeness (QED) is 0.687. The van der Waals surface area contributed by atoms with E-state index in [1.165, 1.54) is 6.07 Å². The van der Waals surface area contributed by atoms with Crippen molar-refractivity contribution in [1.82, 2.24) is 15.1 Å². The number of nitrogens with one attached hydrogen (secondary N) is 1. The second-order valence-corrected chi connectivity index (χ2v) is 6.12. The van der Waals surface area contributed by atoms with Crippen LogP contribution in [0.1, 0.15) is 36.8 Å². The lowest BCUT2D eigenvalue weighted by atomic mass is 10.1. The number of hydrogen-bond acceptors (Lipinski definition) is 5. The van der Waals surface area contributed by atoms with Crippen molar-refractivity contribution in [2.45, 2.75) is 40.0 Å². The molecule has 0 spiro atoms. The smallest absolute Gasteiger partial charge is 0.337 e. The van der Waals surface area contributed by atoms with Gasteiger partial charge < -0.3 is 14.5 Å². The van der Waals surface area contributed by atoms with Crippen molar-refractivity contribution in [3.05, 3.63) is 58.2 Å². The van der Waals surface area contributed by atoms with Gasteiger partial charge in [-0.2, -0.15) is 5.10 Å². The van der Waals surface area contributed by atoms with Gasteiger partial charge in [0.1, 0.15) is 11.3 Å². The molecule has 0 aliphatic rings. The number of hydrogen-bond donors (Lipinski definition) is 1. The molecule has 0 bridgehead atoms. The van der Waals surface area contributed by atoms with E-state index >= 15 is 0 Å². The molecule has 136 valence electrons. The van der Waals surface area contributed by atoms with Crippen molar-refractivity contribution in [3.63, 3.8) is 0 Å². The molecule has 1 amide bonds. The average molecular weight is 355 g/mol. The fourth-order valence-electron chi connectivity index (χ4n) is 2.74. The summed E-state index contributed by atoms with van der Waals surface area (Å²) in [5.74, 6) is 0.240. The van der Waals surface area contributed by atoms with Gasteiger partial charge in [-0.05, 0) is 39.0 Å². The predicted molar refractivity (Wildman–Crippen MR) is 97.3 cm³/mol. The number of amides is 1. The van der Waals surface area contributed by atoms with Crippen LogP contribution < -0.4 is 15.7 Å². The van der Waals surface area contributed by atoms with Crippen molar-refractivity contribution in [3.8, 4) is 5.75 Å². The lowest BCUT2D eigenvalue weighted by Crippen LogP contribution is -2.25. The van der Waals surface area contributed by atoms with Gasteiger partial charge in [0, 0.05) is 30.3 Å². The Bertz CT molecular complexity index is 988. The summed E-state index contributed by atoms with van der Waals surface area (Å²) in [6, 6.07) is 8.15. The Kier molecular flexibility index (Phi) is 5.06. The van der Waals surface area contributed by atoms with Gasteiger partial charge in [-0.15, -0.1) is 0 Å². The number of ether oxygens (including phenoxy) is 1. The average Bonchev–Trinajstić information content (AvgIpc) is 3.05. The number of carbonyl (C=O) groups excluding carboxylic acids is 1. The van der Waals surface area contributed by atoms with E-state index < -0.39 is 5.63 Å². The van der Waals surface area contributed by atoms with Crippen molar-refractivity contribution < 1.29 is 13.9 Å². The van der Waals surface area contributed by atoms with Gasteiger partial charge in [0.2, 0.25) is 0 Å². The minimum atomic E-state index is -0.581. The molecule has 0 fully saturated rings. The summed E-state index contributed by atoms with van der Waals surface area (Å²) in [6.45, 7) is 6.83. The van der Waals surface area contributed by atoms with Gasteiger partial charge in [0.05, 0.1) is 23.9 Å². The highest BCUT2D eigenvalue weighted by Crippen LogP contribution is 2.23. The van der Waals surface area contributed by atoms with E-state index in [1.54, 1.807) is 29.1 Å². The molecule has 3 aromatic rings. The van der Waals surface area contributed by atoms with Gasteiger partial charge in [-0.25, -0.2) is 4.79 Å². The van der Waals surface area contributed by atoms with E-state index in [-0.39, 0.29) is 17.6 Å². The van der Waals surface area contributed by atoms with Crippen molar-refractivity contribution in [2.75, 3.05) is 0 Å². The largest absolute Gasteiger partial charge is 0.491 e. The van der Waals surface area contributed by atoms with Crippen LogP contribution in [0.3, 0.4) is 0 Å². The normalized spacial score (nSPS) is 11.1. The van der Waals surface area contributed by atoms with Crippen LogP contribution >= 0.6 is 0 Å². The summed E-state index contributed by atoms with van der Waals surface area (Å²) in [6.07, 6.45) is 1.68. The molecule has 1 N–H and O–H groups in total. The zero-order chi connectivity index (χ0) is 18.7. The molecule has 0 radical (unpaired) electrons. The van der Waals surface area contributed by atoms with Crippen LogP contribution in [-0.2, 0) is 13.1 Å². The van der Waals surface area contributed by atoms with Gasteiger partial charge >= 0.3 is 5.63 Å². The minimum Gasteiger partial charge on any atom is -0.491 e. The van der Waals surface area contributed by atoms with Gasteiger partial charge in [0.15, 0.2) is 0 Å². The minimum absolute atomic E-state index is 0.00549. The second kappa shape index (κ2) is 7.43. The van der Waals surface area contributed by atoms with Crippen LogP contribution in [0.5, 0.6) is 5.75 Å². The lowest BCUT2D eigenvalue weighted by molar-refractivity contribution is 0.0951. The van der Waals surface area contributed by atoms with Gasteiger partial charge in [-0.1, -0.05) is 0 Å². The summed E-state index contributed by atoms with van der Waals surface area (Å²) < 4.78 is 12.6. The third-order valence-electron chi connectivity index (χ3n) is 3.87. The highest BCUT2D eigenvalue weighted by Gasteiger charge is 2.15. The van der Waals surface area contributed by atoms with Crippen LogP contribution in [0.4, 0.5) is 0 Å². The second-order valence-electron chi connectivity index (χ2n) is 6.12. The molecule has 0 saturated carbocycles. The lowest BCUT2D eigenvalue weighted by Gasteiger charge is -2.11. The van der Waals surface area contributed by atoms with Crippen LogP contribution in [0, 0.1) is 0 Å². The molecule has 26 heavy (non-hydrogen) atoms. The molecule has 2 heterocycles. The number of aryl methyl sites for hydroxylation is 1. The molecule has 0 aliphatic carbocycles. The van der Waals surface area contributed by atoms with E-state index in [4.69, 9.17) is 9.15 Å². The number of benzene rings is 1. The number of carbonyl (C=O) groups is 1. The fourth-order valence-corrected chi connectivity index (χ4v) is 2.74. The molecule has 3 rings (SSSR count). The number of rotatable bonds is 6. The molecule has 7 nitrogen and oxygen atoms in total. The van der Waals surface area contributed by atoms with E-state index in [0.29, 0.717) is 29.8 Å². The maximum absolute atomic E-state index is 12.6. The van der Waals surface area contributed by atoms with E-state index in [9.17, 15) is 9.59 Å². The zero-order valence-corrected chi connectivity index (χ0v) is 15.0. The summed E-state index contributed by atoms with van der Waals surface area (Å²) in [4.78, 5) is 24.5. The molecule has 0 unspecified atom stereocenters. The SMILES string of the molecule is CCn1nccc1CNC(=O)c1cc(=O)oc2cc(OC(C)C)ccc12. The summed E-state index contributed by atoms with van der Waals surface area (Å²) in [7, 11) is 0. The summed E-state index contributed by atoms with van der Waals surface area (Å²) in [5.41, 5.74) is 0.901. The molecule has 0 atom stereocenters. The summed E-state index contributed by atoms with van der Waals surface area (Å²) in [5, 5.41) is 7.56. The molecule has 0 aliphatic heterocycles. The first-order valence-corrected chi connectivity index (χ1v) is 8.51. The first kappa shape index (κ1) is 17.7. The highest BCUT2D eigenvalue weighted by atomic mass is 16.5. The van der Waals surface area contributed by atoms with E-state index in [0.717, 1.165) is 5.69 Å². The van der Waals surface area contributed by atoms with Crippen molar-refractivity contribution in [1.29, 1.82) is 0 Å². The zero-order valence-electron chi connectivity index (χ0n) is 15.0. The van der Waals surface area contributed by atoms with Gasteiger partial charge in [0.25, 0.3) is 5.91 Å².